The van der Waals surface area contributed by atoms with Gasteiger partial charge in [0.05, 0.1) is 24.6 Å². The van der Waals surface area contributed by atoms with Gasteiger partial charge >= 0.3 is 0 Å². The van der Waals surface area contributed by atoms with Gasteiger partial charge in [-0.2, -0.15) is 0 Å². The fraction of sp³-hybridized carbons (Fsp3) is 0.615. The van der Waals surface area contributed by atoms with E-state index in [1.165, 1.54) is 0 Å². The molecule has 1 N–H and O–H groups in total. The number of morpholine rings is 1. The van der Waals surface area contributed by atoms with Crippen LogP contribution >= 0.6 is 11.6 Å². The highest BCUT2D eigenvalue weighted by Crippen LogP contribution is 2.19. The molecule has 0 saturated carbocycles. The Hall–Kier alpha value is -1.40. The van der Waals surface area contributed by atoms with Crippen LogP contribution in [0.2, 0.25) is 5.15 Å². The lowest BCUT2D eigenvalue weighted by atomic mass is 10.2. The van der Waals surface area contributed by atoms with Gasteiger partial charge in [0.15, 0.2) is 11.0 Å². The molecule has 1 fully saturated rings. The summed E-state index contributed by atoms with van der Waals surface area (Å²) < 4.78 is 5.24. The van der Waals surface area contributed by atoms with Crippen molar-refractivity contribution in [2.24, 2.45) is 0 Å². The van der Waals surface area contributed by atoms with Gasteiger partial charge in [0.1, 0.15) is 6.04 Å². The van der Waals surface area contributed by atoms with Gasteiger partial charge in [0.2, 0.25) is 5.91 Å². The molecule has 110 valence electrons. The van der Waals surface area contributed by atoms with E-state index in [1.807, 2.05) is 13.8 Å². The third-order valence-corrected chi connectivity index (χ3v) is 3.57. The predicted molar refractivity (Wildman–Crippen MR) is 77.0 cm³/mol. The van der Waals surface area contributed by atoms with Crippen molar-refractivity contribution in [3.8, 4) is 0 Å². The normalized spacial score (nSPS) is 16.9. The number of aromatic nitrogens is 2. The zero-order valence-corrected chi connectivity index (χ0v) is 12.7. The van der Waals surface area contributed by atoms with Crippen LogP contribution in [0.3, 0.4) is 0 Å². The summed E-state index contributed by atoms with van der Waals surface area (Å²) >= 11 is 6.06. The molecule has 1 amide bonds. The number of ether oxygens (including phenoxy) is 1. The van der Waals surface area contributed by atoms with E-state index in [9.17, 15) is 4.79 Å². The van der Waals surface area contributed by atoms with Crippen LogP contribution in [0.5, 0.6) is 0 Å². The van der Waals surface area contributed by atoms with Crippen molar-refractivity contribution in [3.63, 3.8) is 0 Å². The Morgan fingerprint density at radius 2 is 1.90 bits per heavy atom. The third-order valence-electron chi connectivity index (χ3n) is 3.31. The van der Waals surface area contributed by atoms with Crippen LogP contribution in [0.4, 0.5) is 5.82 Å². The highest BCUT2D eigenvalue weighted by molar-refractivity contribution is 6.31. The van der Waals surface area contributed by atoms with E-state index >= 15 is 0 Å². The molecule has 1 aromatic heterocycles. The van der Waals surface area contributed by atoms with Crippen LogP contribution in [0.25, 0.3) is 0 Å². The van der Waals surface area contributed by atoms with Crippen LogP contribution < -0.4 is 5.32 Å². The number of aryl methyl sites for hydroxylation is 2. The molecule has 7 heteroatoms. The van der Waals surface area contributed by atoms with Gasteiger partial charge < -0.3 is 15.0 Å². The molecule has 1 atom stereocenters. The number of rotatable bonds is 3. The first-order valence-electron chi connectivity index (χ1n) is 6.63. The zero-order valence-electron chi connectivity index (χ0n) is 11.9. The molecule has 0 aliphatic carbocycles. The molecule has 0 bridgehead atoms. The Morgan fingerprint density at radius 3 is 2.55 bits per heavy atom. The van der Waals surface area contributed by atoms with Gasteiger partial charge in [-0.1, -0.05) is 11.6 Å². The fourth-order valence-corrected chi connectivity index (χ4v) is 2.22. The van der Waals surface area contributed by atoms with Crippen molar-refractivity contribution in [1.29, 1.82) is 0 Å². The summed E-state index contributed by atoms with van der Waals surface area (Å²) in [7, 11) is 0. The summed E-state index contributed by atoms with van der Waals surface area (Å²) in [5.74, 6) is 0.466. The summed E-state index contributed by atoms with van der Waals surface area (Å²) in [6, 6.07) is -0.401. The molecule has 1 aromatic rings. The molecule has 2 rings (SSSR count). The lowest BCUT2D eigenvalue weighted by molar-refractivity contribution is -0.135. The van der Waals surface area contributed by atoms with Crippen LogP contribution in [0.15, 0.2) is 0 Å². The molecule has 1 unspecified atom stereocenters. The maximum Gasteiger partial charge on any atom is 0.244 e. The van der Waals surface area contributed by atoms with Gasteiger partial charge in [0.25, 0.3) is 0 Å². The number of hydrogen-bond acceptors (Lipinski definition) is 5. The van der Waals surface area contributed by atoms with Crippen molar-refractivity contribution >= 4 is 23.3 Å². The summed E-state index contributed by atoms with van der Waals surface area (Å²) in [5, 5.41) is 3.32. The van der Waals surface area contributed by atoms with Crippen LogP contribution in [0.1, 0.15) is 18.3 Å². The summed E-state index contributed by atoms with van der Waals surface area (Å²) in [6.45, 7) is 7.92. The van der Waals surface area contributed by atoms with Gasteiger partial charge in [-0.3, -0.25) is 4.79 Å². The number of nitrogens with one attached hydrogen (secondary N) is 1. The molecule has 6 nitrogen and oxygen atoms in total. The standard InChI is InChI=1S/C13H19ClN4O2/c1-8-9(2)16-12(11(14)15-8)17-10(3)13(19)18-4-6-20-7-5-18/h10H,4-7H2,1-3H3,(H,16,17). The molecule has 1 aliphatic rings. The monoisotopic (exact) mass is 298 g/mol. The van der Waals surface area contributed by atoms with E-state index < -0.39 is 6.04 Å². The van der Waals surface area contributed by atoms with Gasteiger partial charge in [-0.25, -0.2) is 9.97 Å². The first-order chi connectivity index (χ1) is 9.49. The zero-order chi connectivity index (χ0) is 14.7. The highest BCUT2D eigenvalue weighted by Gasteiger charge is 2.23. The SMILES string of the molecule is Cc1nc(Cl)c(NC(C)C(=O)N2CCOCC2)nc1C. The second-order valence-corrected chi connectivity index (χ2v) is 5.20. The van der Waals surface area contributed by atoms with Crippen molar-refractivity contribution in [1.82, 2.24) is 14.9 Å². The topological polar surface area (TPSA) is 67.4 Å². The molecule has 0 spiro atoms. The van der Waals surface area contributed by atoms with Crippen molar-refractivity contribution in [2.45, 2.75) is 26.8 Å². The van der Waals surface area contributed by atoms with Crippen molar-refractivity contribution in [2.75, 3.05) is 31.6 Å². The van der Waals surface area contributed by atoms with Crippen molar-refractivity contribution in [3.05, 3.63) is 16.5 Å². The molecular weight excluding hydrogens is 280 g/mol. The summed E-state index contributed by atoms with van der Waals surface area (Å²) in [5.41, 5.74) is 1.58. The molecule has 0 aromatic carbocycles. The second-order valence-electron chi connectivity index (χ2n) is 4.84. The fourth-order valence-electron chi connectivity index (χ4n) is 1.99. The summed E-state index contributed by atoms with van der Waals surface area (Å²) in [6.07, 6.45) is 0. The van der Waals surface area contributed by atoms with Crippen LogP contribution in [0, 0.1) is 13.8 Å². The van der Waals surface area contributed by atoms with E-state index in [0.717, 1.165) is 11.4 Å². The molecule has 20 heavy (non-hydrogen) atoms. The van der Waals surface area contributed by atoms with Gasteiger partial charge in [0, 0.05) is 13.1 Å². The minimum atomic E-state index is -0.401. The smallest absolute Gasteiger partial charge is 0.244 e. The number of carbonyl (C=O) groups excluding carboxylic acids is 1. The third kappa shape index (κ3) is 3.37. The number of anilines is 1. The molecule has 2 heterocycles. The Labute approximate surface area is 123 Å². The maximum atomic E-state index is 12.3. The number of hydrogen-bond donors (Lipinski definition) is 1. The average molecular weight is 299 g/mol. The minimum absolute atomic E-state index is 0.0180. The van der Waals surface area contributed by atoms with Crippen LogP contribution in [-0.4, -0.2) is 53.1 Å². The number of halogens is 1. The van der Waals surface area contributed by atoms with Crippen LogP contribution in [-0.2, 0) is 9.53 Å². The van der Waals surface area contributed by atoms with E-state index in [0.29, 0.717) is 32.1 Å². The molecule has 1 aliphatic heterocycles. The van der Waals surface area contributed by atoms with E-state index in [4.69, 9.17) is 16.3 Å². The Kier molecular flexibility index (Phi) is 4.77. The number of amides is 1. The van der Waals surface area contributed by atoms with E-state index in [2.05, 4.69) is 15.3 Å². The summed E-state index contributed by atoms with van der Waals surface area (Å²) in [4.78, 5) is 22.6. The van der Waals surface area contributed by atoms with E-state index in [1.54, 1.807) is 11.8 Å². The number of carbonyl (C=O) groups is 1. The highest BCUT2D eigenvalue weighted by atomic mass is 35.5. The first-order valence-corrected chi connectivity index (χ1v) is 7.00. The average Bonchev–Trinajstić information content (AvgIpc) is 2.44. The van der Waals surface area contributed by atoms with E-state index in [-0.39, 0.29) is 11.1 Å². The minimum Gasteiger partial charge on any atom is -0.378 e. The first kappa shape index (κ1) is 15.0. The number of nitrogens with zero attached hydrogens (tertiary/aromatic N) is 3. The van der Waals surface area contributed by atoms with Gasteiger partial charge in [-0.15, -0.1) is 0 Å². The lowest BCUT2D eigenvalue weighted by Crippen LogP contribution is -2.47. The lowest BCUT2D eigenvalue weighted by Gasteiger charge is -2.29. The molecular formula is C13H19ClN4O2. The molecule has 1 saturated heterocycles. The van der Waals surface area contributed by atoms with Gasteiger partial charge in [-0.05, 0) is 20.8 Å². The predicted octanol–water partition coefficient (Wildman–Crippen LogP) is 1.41. The maximum absolute atomic E-state index is 12.3. The largest absolute Gasteiger partial charge is 0.378 e. The quantitative estimate of drug-likeness (QED) is 0.914. The Morgan fingerprint density at radius 1 is 1.30 bits per heavy atom. The second kappa shape index (κ2) is 6.37. The molecule has 0 radical (unpaired) electrons. The Bertz CT molecular complexity index is 503. The Balaban J connectivity index is 2.05. The van der Waals surface area contributed by atoms with Crippen molar-refractivity contribution < 1.29 is 9.53 Å².